The molecule has 1 aliphatic carbocycles. The normalized spacial score (nSPS) is 29.9. The lowest BCUT2D eigenvalue weighted by Gasteiger charge is -2.15. The largest absolute Gasteiger partial charge is 0.479 e. The third-order valence-electron chi connectivity index (χ3n) is 2.76. The Kier molecular flexibility index (Phi) is 2.69. The van der Waals surface area contributed by atoms with Crippen molar-refractivity contribution in [3.05, 3.63) is 0 Å². The minimum atomic E-state index is -1.03. The maximum atomic E-state index is 11.1. The van der Waals surface area contributed by atoms with Gasteiger partial charge in [0.15, 0.2) is 0 Å². The molecule has 2 atom stereocenters. The van der Waals surface area contributed by atoms with E-state index in [0.29, 0.717) is 6.42 Å². The van der Waals surface area contributed by atoms with Crippen molar-refractivity contribution in [2.75, 3.05) is 7.05 Å². The van der Waals surface area contributed by atoms with Gasteiger partial charge >= 0.3 is 12.0 Å². The maximum Gasteiger partial charge on any atom is 0.329 e. The molecule has 0 aromatic heterocycles. The van der Waals surface area contributed by atoms with Crippen LogP contribution in [0.5, 0.6) is 0 Å². The fraction of sp³-hybridized carbons (Fsp3) is 0.778. The van der Waals surface area contributed by atoms with Gasteiger partial charge in [-0.15, -0.1) is 0 Å². The van der Waals surface area contributed by atoms with E-state index in [1.165, 1.54) is 7.05 Å². The quantitative estimate of drug-likeness (QED) is 0.617. The topological polar surface area (TPSA) is 78.4 Å². The zero-order valence-corrected chi connectivity index (χ0v) is 8.63. The summed E-state index contributed by atoms with van der Waals surface area (Å²) < 4.78 is 0. The zero-order chi connectivity index (χ0) is 10.9. The number of urea groups is 1. The van der Waals surface area contributed by atoms with Gasteiger partial charge in [-0.2, -0.15) is 0 Å². The first kappa shape index (κ1) is 10.8. The molecule has 0 unspecified atom stereocenters. The van der Waals surface area contributed by atoms with Crippen molar-refractivity contribution in [3.63, 3.8) is 0 Å². The molecule has 2 amide bonds. The molecule has 0 aromatic carbocycles. The number of carbonyl (C=O) groups is 2. The highest BCUT2D eigenvalue weighted by atomic mass is 16.4. The van der Waals surface area contributed by atoms with Gasteiger partial charge in [0.2, 0.25) is 0 Å². The monoisotopic (exact) mass is 200 g/mol. The van der Waals surface area contributed by atoms with Crippen molar-refractivity contribution >= 4 is 12.0 Å². The van der Waals surface area contributed by atoms with E-state index in [1.807, 2.05) is 13.8 Å². The van der Waals surface area contributed by atoms with Crippen molar-refractivity contribution in [2.24, 2.45) is 11.8 Å². The summed E-state index contributed by atoms with van der Waals surface area (Å²) in [5, 5.41) is 13.9. The lowest BCUT2D eigenvalue weighted by Crippen LogP contribution is -2.48. The van der Waals surface area contributed by atoms with Crippen molar-refractivity contribution in [2.45, 2.75) is 25.8 Å². The van der Waals surface area contributed by atoms with Crippen molar-refractivity contribution < 1.29 is 14.7 Å². The van der Waals surface area contributed by atoms with Crippen LogP contribution in [-0.4, -0.2) is 29.7 Å². The number of carbonyl (C=O) groups excluding carboxylic acids is 1. The van der Waals surface area contributed by atoms with Crippen LogP contribution in [0.4, 0.5) is 4.79 Å². The maximum absolute atomic E-state index is 11.1. The van der Waals surface area contributed by atoms with Crippen LogP contribution in [0.3, 0.4) is 0 Å². The van der Waals surface area contributed by atoms with E-state index < -0.39 is 17.5 Å². The van der Waals surface area contributed by atoms with E-state index >= 15 is 0 Å². The smallest absolute Gasteiger partial charge is 0.329 e. The molecule has 0 aliphatic heterocycles. The Balaban J connectivity index is 2.69. The van der Waals surface area contributed by atoms with Gasteiger partial charge in [0.05, 0.1) is 0 Å². The van der Waals surface area contributed by atoms with Gasteiger partial charge in [-0.3, -0.25) is 0 Å². The highest BCUT2D eigenvalue weighted by Crippen LogP contribution is 2.48. The second-order valence-corrected chi connectivity index (χ2v) is 4.04. The molecule has 1 rings (SSSR count). The molecule has 5 heteroatoms. The number of amides is 2. The molecule has 1 fully saturated rings. The van der Waals surface area contributed by atoms with E-state index in [-0.39, 0.29) is 11.8 Å². The van der Waals surface area contributed by atoms with Crippen LogP contribution in [0.2, 0.25) is 0 Å². The summed E-state index contributed by atoms with van der Waals surface area (Å²) in [6.07, 6.45) is 0.521. The van der Waals surface area contributed by atoms with E-state index in [1.54, 1.807) is 0 Å². The van der Waals surface area contributed by atoms with Crippen LogP contribution in [0.1, 0.15) is 20.3 Å². The number of carboxylic acid groups (broad SMARTS) is 1. The Morgan fingerprint density at radius 3 is 2.36 bits per heavy atom. The zero-order valence-electron chi connectivity index (χ0n) is 8.63. The Hall–Kier alpha value is -1.26. The number of carboxylic acids is 1. The molecule has 3 N–H and O–H groups in total. The number of aliphatic carboxylic acids is 1. The van der Waals surface area contributed by atoms with E-state index in [9.17, 15) is 9.59 Å². The second-order valence-electron chi connectivity index (χ2n) is 4.04. The van der Waals surface area contributed by atoms with Crippen molar-refractivity contribution in [3.8, 4) is 0 Å². The molecule has 1 saturated carbocycles. The third kappa shape index (κ3) is 1.66. The van der Waals surface area contributed by atoms with Gasteiger partial charge in [0, 0.05) is 7.05 Å². The summed E-state index contributed by atoms with van der Waals surface area (Å²) in [5.74, 6) is -0.639. The van der Waals surface area contributed by atoms with Gasteiger partial charge < -0.3 is 15.7 Å². The Morgan fingerprint density at radius 2 is 2.07 bits per heavy atom. The summed E-state index contributed by atoms with van der Waals surface area (Å²) in [4.78, 5) is 22.1. The molecule has 0 aromatic rings. The molecule has 0 saturated heterocycles. The van der Waals surface area contributed by atoms with Gasteiger partial charge in [0.1, 0.15) is 5.54 Å². The fourth-order valence-corrected chi connectivity index (χ4v) is 1.80. The molecule has 5 nitrogen and oxygen atoms in total. The number of nitrogens with one attached hydrogen (secondary N) is 2. The summed E-state index contributed by atoms with van der Waals surface area (Å²) in [6, 6.07) is -0.435. The molecular formula is C9H16N2O3. The van der Waals surface area contributed by atoms with Gasteiger partial charge in [0.25, 0.3) is 0 Å². The van der Waals surface area contributed by atoms with Crippen molar-refractivity contribution in [1.29, 1.82) is 0 Å². The number of hydrogen-bond donors (Lipinski definition) is 3. The molecule has 0 spiro atoms. The van der Waals surface area contributed by atoms with E-state index in [0.717, 1.165) is 0 Å². The van der Waals surface area contributed by atoms with Crippen LogP contribution in [0.15, 0.2) is 0 Å². The summed E-state index contributed by atoms with van der Waals surface area (Å²) in [6.45, 7) is 3.92. The Bertz CT molecular complexity index is 265. The highest BCUT2D eigenvalue weighted by Gasteiger charge is 2.62. The first-order valence-electron chi connectivity index (χ1n) is 4.67. The molecular weight excluding hydrogens is 184 g/mol. The number of hydrogen-bond acceptors (Lipinski definition) is 2. The molecule has 0 heterocycles. The van der Waals surface area contributed by atoms with Gasteiger partial charge in [-0.05, 0) is 18.3 Å². The first-order chi connectivity index (χ1) is 6.44. The third-order valence-corrected chi connectivity index (χ3v) is 2.76. The van der Waals surface area contributed by atoms with Crippen LogP contribution in [0, 0.1) is 11.8 Å². The lowest BCUT2D eigenvalue weighted by atomic mass is 10.0. The SMILES string of the molecule is CNC(=O)N[C@]1(C(=O)O)C[C@@H]1C(C)C. The minimum absolute atomic E-state index is 0.0392. The average molecular weight is 200 g/mol. The standard InChI is InChI=1S/C9H16N2O3/c1-5(2)6-4-9(6,7(12)13)11-8(14)10-3/h5-6H,4H2,1-3H3,(H,12,13)(H2,10,11,14)/t6-,9-/m1/s1. The summed E-state index contributed by atoms with van der Waals surface area (Å²) in [5.41, 5.74) is -1.03. The summed E-state index contributed by atoms with van der Waals surface area (Å²) >= 11 is 0. The lowest BCUT2D eigenvalue weighted by molar-refractivity contribution is -0.141. The Labute approximate surface area is 82.9 Å². The molecule has 1 aliphatic rings. The van der Waals surface area contributed by atoms with E-state index in [4.69, 9.17) is 5.11 Å². The van der Waals surface area contributed by atoms with Crippen LogP contribution in [0.25, 0.3) is 0 Å². The van der Waals surface area contributed by atoms with Gasteiger partial charge in [-0.1, -0.05) is 13.8 Å². The first-order valence-corrected chi connectivity index (χ1v) is 4.67. The molecule has 80 valence electrons. The molecule has 14 heavy (non-hydrogen) atoms. The van der Waals surface area contributed by atoms with E-state index in [2.05, 4.69) is 10.6 Å². The van der Waals surface area contributed by atoms with Crippen LogP contribution >= 0.6 is 0 Å². The van der Waals surface area contributed by atoms with Crippen LogP contribution in [-0.2, 0) is 4.79 Å². The predicted octanol–water partition coefficient (Wildman–Crippen LogP) is 0.415. The highest BCUT2D eigenvalue weighted by molar-refractivity contribution is 5.89. The van der Waals surface area contributed by atoms with Gasteiger partial charge in [-0.25, -0.2) is 9.59 Å². The minimum Gasteiger partial charge on any atom is -0.479 e. The fourth-order valence-electron chi connectivity index (χ4n) is 1.80. The number of rotatable bonds is 3. The van der Waals surface area contributed by atoms with Crippen LogP contribution < -0.4 is 10.6 Å². The summed E-state index contributed by atoms with van der Waals surface area (Å²) in [7, 11) is 1.47. The second kappa shape index (κ2) is 3.48. The predicted molar refractivity (Wildman–Crippen MR) is 50.9 cm³/mol. The Morgan fingerprint density at radius 1 is 1.50 bits per heavy atom. The van der Waals surface area contributed by atoms with Crippen molar-refractivity contribution in [1.82, 2.24) is 10.6 Å². The molecule has 0 bridgehead atoms. The average Bonchev–Trinajstić information content (AvgIpc) is 2.80. The molecule has 0 radical (unpaired) electrons.